The zero-order valence-electron chi connectivity index (χ0n) is 13.5. The van der Waals surface area contributed by atoms with E-state index in [-0.39, 0.29) is 10.8 Å². The number of rotatable bonds is 4. The fourth-order valence-corrected chi connectivity index (χ4v) is 3.49. The van der Waals surface area contributed by atoms with Crippen LogP contribution in [0.5, 0.6) is 0 Å². The summed E-state index contributed by atoms with van der Waals surface area (Å²) in [6.07, 6.45) is 4.70. The highest BCUT2D eigenvalue weighted by atomic mass is 32.2. The van der Waals surface area contributed by atoms with Gasteiger partial charge in [-0.25, -0.2) is 18.5 Å². The van der Waals surface area contributed by atoms with E-state index in [4.69, 9.17) is 5.14 Å². The van der Waals surface area contributed by atoms with Crippen molar-refractivity contribution in [2.75, 3.05) is 23.3 Å². The zero-order valence-corrected chi connectivity index (χ0v) is 14.3. The molecule has 3 rings (SSSR count). The molecule has 0 aliphatic carbocycles. The molecular weight excluding hydrogens is 340 g/mol. The van der Waals surface area contributed by atoms with Gasteiger partial charge in [-0.1, -0.05) is 12.1 Å². The summed E-state index contributed by atoms with van der Waals surface area (Å²) in [6, 6.07) is 8.38. The summed E-state index contributed by atoms with van der Waals surface area (Å²) < 4.78 is 23.4. The Bertz CT molecular complexity index is 916. The van der Waals surface area contributed by atoms with Gasteiger partial charge in [-0.2, -0.15) is 10.2 Å². The number of hydrogen-bond acceptors (Lipinski definition) is 7. The predicted octanol–water partition coefficient (Wildman–Crippen LogP) is 1.73. The van der Waals surface area contributed by atoms with Gasteiger partial charge in [-0.15, -0.1) is 0 Å². The number of primary sulfonamides is 1. The Morgan fingerprint density at radius 1 is 1.20 bits per heavy atom. The van der Waals surface area contributed by atoms with Gasteiger partial charge in [-0.05, 0) is 31.4 Å². The minimum absolute atomic E-state index is 0.0394. The zero-order chi connectivity index (χ0) is 17.9. The minimum atomic E-state index is -3.88. The number of benzene rings is 1. The maximum Gasteiger partial charge on any atom is 0.240 e. The molecule has 0 unspecified atom stereocenters. The molecule has 2 heterocycles. The number of nitrogens with one attached hydrogen (secondary N) is 1. The number of nitrogens with zero attached hydrogens (tertiary/aromatic N) is 4. The smallest absolute Gasteiger partial charge is 0.240 e. The van der Waals surface area contributed by atoms with Crippen molar-refractivity contribution in [1.82, 2.24) is 9.97 Å². The quantitative estimate of drug-likeness (QED) is 0.852. The summed E-state index contributed by atoms with van der Waals surface area (Å²) in [4.78, 5) is 10.6. The molecule has 0 amide bonds. The number of sulfonamides is 1. The molecule has 1 saturated heterocycles. The van der Waals surface area contributed by atoms with Crippen LogP contribution in [0, 0.1) is 11.3 Å². The summed E-state index contributed by atoms with van der Waals surface area (Å²) in [6.45, 7) is 1.66. The molecule has 1 aliphatic rings. The molecule has 1 fully saturated rings. The van der Waals surface area contributed by atoms with Crippen LogP contribution in [0.15, 0.2) is 35.4 Å². The van der Waals surface area contributed by atoms with Crippen LogP contribution in [-0.2, 0) is 10.0 Å². The Morgan fingerprint density at radius 3 is 2.60 bits per heavy atom. The largest absolute Gasteiger partial charge is 0.355 e. The molecule has 8 nitrogen and oxygen atoms in total. The highest BCUT2D eigenvalue weighted by molar-refractivity contribution is 7.89. The third-order valence-electron chi connectivity index (χ3n) is 3.98. The normalized spacial score (nSPS) is 14.8. The first kappa shape index (κ1) is 17.1. The van der Waals surface area contributed by atoms with Crippen LogP contribution in [0.25, 0.3) is 0 Å². The van der Waals surface area contributed by atoms with E-state index in [0.29, 0.717) is 17.1 Å². The number of anilines is 3. The molecule has 130 valence electrons. The van der Waals surface area contributed by atoms with Crippen molar-refractivity contribution in [2.24, 2.45) is 5.14 Å². The van der Waals surface area contributed by atoms with E-state index < -0.39 is 10.0 Å². The van der Waals surface area contributed by atoms with Crippen molar-refractivity contribution < 1.29 is 8.42 Å². The van der Waals surface area contributed by atoms with Crippen molar-refractivity contribution in [1.29, 1.82) is 5.26 Å². The van der Waals surface area contributed by atoms with E-state index in [2.05, 4.69) is 26.3 Å². The summed E-state index contributed by atoms with van der Waals surface area (Å²) in [5.74, 6) is 0.781. The fourth-order valence-electron chi connectivity index (χ4n) is 2.80. The van der Waals surface area contributed by atoms with Crippen molar-refractivity contribution >= 4 is 27.5 Å². The van der Waals surface area contributed by atoms with Crippen molar-refractivity contribution in [3.05, 3.63) is 36.0 Å². The first-order chi connectivity index (χ1) is 12.0. The van der Waals surface area contributed by atoms with Crippen LogP contribution in [0.2, 0.25) is 0 Å². The van der Waals surface area contributed by atoms with E-state index in [9.17, 15) is 13.7 Å². The first-order valence-electron chi connectivity index (χ1n) is 7.90. The molecule has 0 spiro atoms. The highest BCUT2D eigenvalue weighted by Crippen LogP contribution is 2.26. The van der Waals surface area contributed by atoms with Crippen LogP contribution in [0.4, 0.5) is 17.5 Å². The van der Waals surface area contributed by atoms with Crippen LogP contribution in [0.1, 0.15) is 24.8 Å². The average molecular weight is 358 g/mol. The first-order valence-corrected chi connectivity index (χ1v) is 9.44. The predicted molar refractivity (Wildman–Crippen MR) is 93.9 cm³/mol. The molecule has 0 saturated carbocycles. The molecule has 1 aliphatic heterocycles. The third kappa shape index (κ3) is 3.87. The van der Waals surface area contributed by atoms with Crippen LogP contribution < -0.4 is 15.4 Å². The maximum absolute atomic E-state index is 11.7. The maximum atomic E-state index is 11.7. The van der Waals surface area contributed by atoms with Crippen molar-refractivity contribution in [2.45, 2.75) is 24.2 Å². The van der Waals surface area contributed by atoms with Crippen LogP contribution in [0.3, 0.4) is 0 Å². The standard InChI is InChI=1S/C16H18N6O2S/c17-10-12-11-19-16(21-15(12)22-8-4-1-5-9-22)20-13-6-2-3-7-14(13)25(18,23)24/h2-3,6-7,11H,1,4-5,8-9H2,(H2,18,23,24)(H,19,20,21). The number of aromatic nitrogens is 2. The lowest BCUT2D eigenvalue weighted by Crippen LogP contribution is -2.31. The van der Waals surface area contributed by atoms with Crippen molar-refractivity contribution in [3.63, 3.8) is 0 Å². The molecule has 0 bridgehead atoms. The van der Waals surface area contributed by atoms with Gasteiger partial charge >= 0.3 is 0 Å². The summed E-state index contributed by atoms with van der Waals surface area (Å²) >= 11 is 0. The monoisotopic (exact) mass is 358 g/mol. The van der Waals surface area contributed by atoms with Gasteiger partial charge in [0.25, 0.3) is 0 Å². The summed E-state index contributed by atoms with van der Waals surface area (Å²) in [5.41, 5.74) is 0.687. The summed E-state index contributed by atoms with van der Waals surface area (Å²) in [5, 5.41) is 17.4. The Labute approximate surface area is 146 Å². The molecule has 9 heteroatoms. The Hall–Kier alpha value is -2.70. The van der Waals surface area contributed by atoms with E-state index in [0.717, 1.165) is 32.4 Å². The SMILES string of the molecule is N#Cc1cnc(Nc2ccccc2S(N)(=O)=O)nc1N1CCCCC1. The second kappa shape index (κ2) is 7.04. The Balaban J connectivity index is 1.96. The fraction of sp³-hybridized carbons (Fsp3) is 0.312. The third-order valence-corrected chi connectivity index (χ3v) is 4.95. The van der Waals surface area contributed by atoms with E-state index in [1.165, 1.54) is 12.3 Å². The minimum Gasteiger partial charge on any atom is -0.355 e. The molecule has 0 radical (unpaired) electrons. The molecule has 1 aromatic heterocycles. The molecule has 1 aromatic carbocycles. The lowest BCUT2D eigenvalue weighted by atomic mass is 10.1. The summed E-state index contributed by atoms with van der Waals surface area (Å²) in [7, 11) is -3.88. The number of para-hydroxylation sites is 1. The molecule has 3 N–H and O–H groups in total. The number of nitriles is 1. The second-order valence-electron chi connectivity index (χ2n) is 5.76. The van der Waals surface area contributed by atoms with Crippen molar-refractivity contribution in [3.8, 4) is 6.07 Å². The lowest BCUT2D eigenvalue weighted by Gasteiger charge is -2.28. The molecule has 25 heavy (non-hydrogen) atoms. The van der Waals surface area contributed by atoms with Gasteiger partial charge in [0.2, 0.25) is 16.0 Å². The topological polar surface area (TPSA) is 125 Å². The van der Waals surface area contributed by atoms with Gasteiger partial charge in [0.05, 0.1) is 11.9 Å². The van der Waals surface area contributed by atoms with E-state index in [1.807, 2.05) is 0 Å². The molecule has 0 atom stereocenters. The Morgan fingerprint density at radius 2 is 1.92 bits per heavy atom. The lowest BCUT2D eigenvalue weighted by molar-refractivity contribution is 0.573. The number of nitrogens with two attached hydrogens (primary N) is 1. The van der Waals surface area contributed by atoms with Gasteiger partial charge < -0.3 is 10.2 Å². The average Bonchev–Trinajstić information content (AvgIpc) is 2.62. The van der Waals surface area contributed by atoms with Gasteiger partial charge in [0.1, 0.15) is 16.5 Å². The van der Waals surface area contributed by atoms with Crippen LogP contribution >= 0.6 is 0 Å². The number of piperidine rings is 1. The van der Waals surface area contributed by atoms with Gasteiger partial charge in [-0.3, -0.25) is 0 Å². The van der Waals surface area contributed by atoms with Crippen LogP contribution in [-0.4, -0.2) is 31.5 Å². The number of hydrogen-bond donors (Lipinski definition) is 2. The van der Waals surface area contributed by atoms with E-state index in [1.54, 1.807) is 18.2 Å². The van der Waals surface area contributed by atoms with Gasteiger partial charge in [0, 0.05) is 13.1 Å². The Kier molecular flexibility index (Phi) is 4.83. The second-order valence-corrected chi connectivity index (χ2v) is 7.29. The van der Waals surface area contributed by atoms with Gasteiger partial charge in [0.15, 0.2) is 5.82 Å². The molecular formula is C16H18N6O2S. The highest BCUT2D eigenvalue weighted by Gasteiger charge is 2.19. The van der Waals surface area contributed by atoms with E-state index >= 15 is 0 Å². The molecule has 2 aromatic rings.